The second kappa shape index (κ2) is 18.0. The van der Waals surface area contributed by atoms with Crippen LogP contribution in [0.3, 0.4) is 0 Å². The highest BCUT2D eigenvalue weighted by atomic mass is 28.4. The minimum atomic E-state index is -2.14. The van der Waals surface area contributed by atoms with Crippen molar-refractivity contribution in [3.63, 3.8) is 0 Å². The lowest BCUT2D eigenvalue weighted by Gasteiger charge is -2.46. The van der Waals surface area contributed by atoms with Gasteiger partial charge in [-0.2, -0.15) is 0 Å². The van der Waals surface area contributed by atoms with Gasteiger partial charge in [0.15, 0.2) is 25.0 Å². The van der Waals surface area contributed by atoms with Gasteiger partial charge < -0.3 is 18.0 Å². The summed E-state index contributed by atoms with van der Waals surface area (Å²) in [6.45, 7) is 47.3. The third kappa shape index (κ3) is 10.9. The minimum absolute atomic E-state index is 0.00778. The molecular weight excluding hydrogens is 765 g/mol. The lowest BCUT2D eigenvalue weighted by Crippen LogP contribution is -2.49. The van der Waals surface area contributed by atoms with Gasteiger partial charge in [0.1, 0.15) is 0 Å². The first-order chi connectivity index (χ1) is 26.4. The van der Waals surface area contributed by atoms with Crippen LogP contribution >= 0.6 is 0 Å². The number of carbonyl (C=O) groups excluding carboxylic acids is 1. The molecule has 0 amide bonds. The Morgan fingerprint density at radius 1 is 0.810 bits per heavy atom. The van der Waals surface area contributed by atoms with Crippen molar-refractivity contribution in [1.82, 2.24) is 0 Å². The summed E-state index contributed by atoms with van der Waals surface area (Å²) in [7, 11) is -6.20. The number of rotatable bonds is 15. The molecule has 0 aromatic carbocycles. The van der Waals surface area contributed by atoms with Crippen molar-refractivity contribution in [3.05, 3.63) is 47.6 Å². The molecule has 4 saturated carbocycles. The van der Waals surface area contributed by atoms with Crippen LogP contribution in [-0.4, -0.2) is 55.8 Å². The highest BCUT2D eigenvalue weighted by Gasteiger charge is 2.59. The molecule has 0 aromatic heterocycles. The predicted octanol–water partition coefficient (Wildman–Crippen LogP) is 14.9. The lowest BCUT2D eigenvalue weighted by molar-refractivity contribution is -0.153. The average molecular weight is 856 g/mol. The molecule has 0 saturated heterocycles. The molecule has 4 rings (SSSR count). The molecule has 4 aliphatic carbocycles. The summed E-state index contributed by atoms with van der Waals surface area (Å²) in [4.78, 5) is 13.6. The van der Waals surface area contributed by atoms with E-state index < -0.39 is 30.4 Å². The van der Waals surface area contributed by atoms with Crippen molar-refractivity contribution < 1.29 is 22.8 Å². The van der Waals surface area contributed by atoms with E-state index in [0.717, 1.165) is 44.1 Å². The molecule has 0 unspecified atom stereocenters. The Morgan fingerprint density at radius 3 is 1.83 bits per heavy atom. The zero-order chi connectivity index (χ0) is 43.9. The Hall–Kier alpha value is -1.04. The van der Waals surface area contributed by atoms with Gasteiger partial charge in [-0.3, -0.25) is 4.79 Å². The van der Waals surface area contributed by atoms with Crippen molar-refractivity contribution in [1.29, 1.82) is 0 Å². The third-order valence-electron chi connectivity index (χ3n) is 16.7. The van der Waals surface area contributed by atoms with E-state index in [-0.39, 0.29) is 44.8 Å². The van der Waals surface area contributed by atoms with Gasteiger partial charge in [-0.05, 0) is 147 Å². The average Bonchev–Trinajstić information content (AvgIpc) is 3.81. The van der Waals surface area contributed by atoms with Gasteiger partial charge in [-0.15, -0.1) is 0 Å². The van der Waals surface area contributed by atoms with E-state index in [2.05, 4.69) is 153 Å². The van der Waals surface area contributed by atoms with E-state index in [0.29, 0.717) is 24.4 Å². The van der Waals surface area contributed by atoms with Crippen molar-refractivity contribution in [2.75, 3.05) is 6.61 Å². The molecule has 0 aromatic rings. The van der Waals surface area contributed by atoms with E-state index in [1.54, 1.807) is 5.57 Å². The SMILES string of the molecule is C=C1[C@H](O[Si](C)(C)C(C)(C)C)CC(=C/C=C2\CCC[C@]3(C)[C@@H]([C@H](C)/C=C/[C@@H](O[Si](C)(C)C(C)(C)C)C4(C(=O)OCCCC)CC4)CC[C@@H]23)C[C@H]1O[Si](C)(C)C(C)(C)C. The summed E-state index contributed by atoms with van der Waals surface area (Å²) in [5.74, 6) is 1.53. The second-order valence-electron chi connectivity index (χ2n) is 24.1. The van der Waals surface area contributed by atoms with Crippen LogP contribution in [0.1, 0.15) is 154 Å². The molecule has 332 valence electrons. The zero-order valence-corrected chi connectivity index (χ0v) is 44.0. The van der Waals surface area contributed by atoms with Crippen molar-refractivity contribution in [3.8, 4) is 0 Å². The lowest BCUT2D eigenvalue weighted by atomic mass is 9.61. The van der Waals surface area contributed by atoms with Gasteiger partial charge >= 0.3 is 5.97 Å². The molecule has 5 nitrogen and oxygen atoms in total. The summed E-state index contributed by atoms with van der Waals surface area (Å²) in [5, 5.41) is 0.312. The number of hydrogen-bond acceptors (Lipinski definition) is 5. The summed E-state index contributed by atoms with van der Waals surface area (Å²) in [6, 6.07) is 0. The molecule has 7 atom stereocenters. The molecule has 0 N–H and O–H groups in total. The van der Waals surface area contributed by atoms with Crippen LogP contribution < -0.4 is 0 Å². The Kier molecular flexibility index (Phi) is 15.4. The fourth-order valence-corrected chi connectivity index (χ4v) is 13.2. The zero-order valence-electron chi connectivity index (χ0n) is 41.0. The van der Waals surface area contributed by atoms with E-state index in [9.17, 15) is 4.79 Å². The summed E-state index contributed by atoms with van der Waals surface area (Å²) in [5.41, 5.74) is 3.94. The fraction of sp³-hybridized carbons (Fsp3) is 0.820. The summed E-state index contributed by atoms with van der Waals surface area (Å²) in [6.07, 6.45) is 21.1. The molecule has 0 spiro atoms. The van der Waals surface area contributed by atoms with Crippen LogP contribution in [-0.2, 0) is 22.8 Å². The van der Waals surface area contributed by atoms with Crippen LogP contribution in [0.2, 0.25) is 54.4 Å². The first-order valence-corrected chi connectivity index (χ1v) is 32.1. The van der Waals surface area contributed by atoms with Gasteiger partial charge in [-0.25, -0.2) is 0 Å². The number of carbonyl (C=O) groups is 1. The number of allylic oxidation sites excluding steroid dienone is 4. The summed E-state index contributed by atoms with van der Waals surface area (Å²) < 4.78 is 27.3. The molecule has 4 aliphatic rings. The van der Waals surface area contributed by atoms with E-state index in [4.69, 9.17) is 18.0 Å². The number of esters is 1. The standard InChI is InChI=1S/C50H90O5Si3/c1-20-21-33-52-45(51)50(31-32-50)44(55-58(18,19)48(10,11)12)29-24-36(2)40-27-28-41-39(23-22-30-49(40,41)13)26-25-38-34-42(53-56(14,15)46(4,5)6)37(3)43(35-38)54-57(16,17)47(7,8)9/h24-26,29,36,40-44H,3,20-23,27-28,30-35H2,1-2,4-19H3/b29-24+,39-26+/t36-,40-,41+,42-,43-,44-,49-/m1/s1. The largest absolute Gasteiger partial charge is 0.465 e. The topological polar surface area (TPSA) is 54.0 Å². The molecular formula is C50H90O5Si3. The fourth-order valence-electron chi connectivity index (χ4n) is 9.27. The monoisotopic (exact) mass is 855 g/mol. The van der Waals surface area contributed by atoms with Gasteiger partial charge in [0.25, 0.3) is 0 Å². The Balaban J connectivity index is 1.59. The molecule has 4 fully saturated rings. The van der Waals surface area contributed by atoms with Gasteiger partial charge in [-0.1, -0.05) is 132 Å². The van der Waals surface area contributed by atoms with E-state index in [1.165, 1.54) is 37.7 Å². The van der Waals surface area contributed by atoms with Crippen molar-refractivity contribution in [2.45, 2.75) is 226 Å². The summed E-state index contributed by atoms with van der Waals surface area (Å²) >= 11 is 0. The van der Waals surface area contributed by atoms with E-state index >= 15 is 0 Å². The van der Waals surface area contributed by atoms with Crippen LogP contribution in [0.15, 0.2) is 47.6 Å². The number of fused-ring (bicyclic) bond motifs is 1. The van der Waals surface area contributed by atoms with Crippen molar-refractivity contribution >= 4 is 30.9 Å². The minimum Gasteiger partial charge on any atom is -0.465 e. The third-order valence-corrected chi connectivity index (χ3v) is 30.1. The maximum Gasteiger partial charge on any atom is 0.315 e. The second-order valence-corrected chi connectivity index (χ2v) is 38.3. The Morgan fingerprint density at radius 2 is 1.34 bits per heavy atom. The first kappa shape index (κ1) is 49.6. The Labute approximate surface area is 361 Å². The number of unbranched alkanes of at least 4 members (excludes halogenated alkanes) is 1. The maximum absolute atomic E-state index is 13.6. The van der Waals surface area contributed by atoms with E-state index in [1.807, 2.05) is 0 Å². The predicted molar refractivity (Wildman–Crippen MR) is 255 cm³/mol. The van der Waals surface area contributed by atoms with Gasteiger partial charge in [0.2, 0.25) is 0 Å². The van der Waals surface area contributed by atoms with Crippen LogP contribution in [0, 0.1) is 28.6 Å². The number of ether oxygens (including phenoxy) is 1. The van der Waals surface area contributed by atoms with Crippen LogP contribution in [0.25, 0.3) is 0 Å². The first-order valence-electron chi connectivity index (χ1n) is 23.4. The highest BCUT2D eigenvalue weighted by molar-refractivity contribution is 6.75. The Bertz CT molecular complexity index is 1500. The molecule has 0 heterocycles. The molecule has 58 heavy (non-hydrogen) atoms. The van der Waals surface area contributed by atoms with Crippen molar-refractivity contribution in [2.24, 2.45) is 28.6 Å². The molecule has 0 bridgehead atoms. The smallest absolute Gasteiger partial charge is 0.315 e. The molecule has 0 radical (unpaired) electrons. The number of hydrogen-bond donors (Lipinski definition) is 0. The van der Waals surface area contributed by atoms with Gasteiger partial charge in [0, 0.05) is 0 Å². The molecule has 0 aliphatic heterocycles. The molecule has 8 heteroatoms. The normalized spacial score (nSPS) is 29.1. The highest BCUT2D eigenvalue weighted by Crippen LogP contribution is 2.60. The quantitative estimate of drug-likeness (QED) is 0.0711. The van der Waals surface area contributed by atoms with Crippen LogP contribution in [0.4, 0.5) is 0 Å². The van der Waals surface area contributed by atoms with Gasteiger partial charge in [0.05, 0.1) is 30.3 Å². The maximum atomic E-state index is 13.6. The van der Waals surface area contributed by atoms with Crippen LogP contribution in [0.5, 0.6) is 0 Å².